The fraction of sp³-hybridized carbons (Fsp3) is 0.333. The Morgan fingerprint density at radius 1 is 0.767 bits per heavy atom. The zero-order valence-electron chi connectivity index (χ0n) is 16.2. The highest BCUT2D eigenvalue weighted by molar-refractivity contribution is 7.89. The first kappa shape index (κ1) is 23.1. The van der Waals surface area contributed by atoms with Gasteiger partial charge in [0.2, 0.25) is 20.0 Å². The molecule has 12 heteroatoms. The molecule has 0 unspecified atom stereocenters. The third-order valence-electron chi connectivity index (χ3n) is 4.70. The van der Waals surface area contributed by atoms with Gasteiger partial charge in [-0.15, -0.1) is 0 Å². The highest BCUT2D eigenvalue weighted by Gasteiger charge is 2.36. The van der Waals surface area contributed by atoms with E-state index in [0.29, 0.717) is 5.75 Å². The monoisotopic (exact) mass is 494 g/mol. The Balaban J connectivity index is 1.84. The van der Waals surface area contributed by atoms with Gasteiger partial charge in [-0.2, -0.15) is 8.61 Å². The van der Waals surface area contributed by atoms with Gasteiger partial charge in [-0.1, -0.05) is 23.2 Å². The van der Waals surface area contributed by atoms with Crippen molar-refractivity contribution in [3.63, 3.8) is 0 Å². The van der Waals surface area contributed by atoms with Crippen LogP contribution in [-0.2, 0) is 20.0 Å². The fourth-order valence-corrected chi connectivity index (χ4v) is 6.84. The Morgan fingerprint density at radius 3 is 1.87 bits per heavy atom. The molecule has 2 aromatic carbocycles. The summed E-state index contributed by atoms with van der Waals surface area (Å²) in [4.78, 5) is -0.152. The van der Waals surface area contributed by atoms with Gasteiger partial charge >= 0.3 is 0 Å². The number of methoxy groups -OCH3 is 2. The Morgan fingerprint density at radius 2 is 1.33 bits per heavy atom. The van der Waals surface area contributed by atoms with Crippen molar-refractivity contribution in [3.8, 4) is 11.5 Å². The van der Waals surface area contributed by atoms with Gasteiger partial charge < -0.3 is 9.47 Å². The van der Waals surface area contributed by atoms with Crippen LogP contribution in [0.5, 0.6) is 11.5 Å². The maximum absolute atomic E-state index is 13.1. The van der Waals surface area contributed by atoms with E-state index in [1.54, 1.807) is 6.07 Å². The van der Waals surface area contributed by atoms with E-state index in [1.807, 2.05) is 0 Å². The molecule has 1 aliphatic heterocycles. The number of ether oxygens (including phenoxy) is 2. The van der Waals surface area contributed by atoms with E-state index in [0.717, 1.165) is 0 Å². The number of hydrogen-bond acceptors (Lipinski definition) is 6. The van der Waals surface area contributed by atoms with E-state index >= 15 is 0 Å². The van der Waals surface area contributed by atoms with Crippen LogP contribution in [0, 0.1) is 0 Å². The van der Waals surface area contributed by atoms with Crippen LogP contribution in [0.2, 0.25) is 10.0 Å². The molecule has 3 rings (SSSR count). The number of hydrogen-bond donors (Lipinski definition) is 0. The largest absolute Gasteiger partial charge is 0.497 e. The van der Waals surface area contributed by atoms with E-state index in [4.69, 9.17) is 32.7 Å². The number of halogens is 2. The Bertz CT molecular complexity index is 1150. The van der Waals surface area contributed by atoms with Gasteiger partial charge in [0.15, 0.2) is 0 Å². The quantitative estimate of drug-likeness (QED) is 0.612. The van der Waals surface area contributed by atoms with E-state index in [9.17, 15) is 16.8 Å². The summed E-state index contributed by atoms with van der Waals surface area (Å²) >= 11 is 12.0. The molecule has 1 fully saturated rings. The molecule has 0 aliphatic carbocycles. The smallest absolute Gasteiger partial charge is 0.246 e. The Labute approximate surface area is 186 Å². The second-order valence-electron chi connectivity index (χ2n) is 6.40. The third-order valence-corrected chi connectivity index (χ3v) is 9.23. The summed E-state index contributed by atoms with van der Waals surface area (Å²) in [5, 5.41) is 0.292. The minimum Gasteiger partial charge on any atom is -0.497 e. The number of nitrogens with zero attached hydrogens (tertiary/aromatic N) is 2. The van der Waals surface area contributed by atoms with Gasteiger partial charge in [0, 0.05) is 37.3 Å². The molecule has 0 radical (unpaired) electrons. The predicted molar refractivity (Wildman–Crippen MR) is 114 cm³/mol. The summed E-state index contributed by atoms with van der Waals surface area (Å²) in [6.45, 7) is -0.117. The van der Waals surface area contributed by atoms with Crippen molar-refractivity contribution in [3.05, 3.63) is 46.4 Å². The summed E-state index contributed by atoms with van der Waals surface area (Å²) in [7, 11) is -5.04. The highest BCUT2D eigenvalue weighted by atomic mass is 35.5. The average Bonchev–Trinajstić information content (AvgIpc) is 2.74. The van der Waals surface area contributed by atoms with E-state index in [-0.39, 0.29) is 51.8 Å². The third kappa shape index (κ3) is 4.39. The molecule has 0 aromatic heterocycles. The second kappa shape index (κ2) is 8.89. The molecule has 30 heavy (non-hydrogen) atoms. The van der Waals surface area contributed by atoms with Crippen LogP contribution in [-0.4, -0.2) is 65.8 Å². The molecule has 1 heterocycles. The number of rotatable bonds is 6. The van der Waals surface area contributed by atoms with Crippen LogP contribution >= 0.6 is 23.2 Å². The number of piperazine rings is 1. The van der Waals surface area contributed by atoms with E-state index in [1.165, 1.54) is 53.2 Å². The van der Waals surface area contributed by atoms with Crippen LogP contribution in [0.15, 0.2) is 46.2 Å². The summed E-state index contributed by atoms with van der Waals surface area (Å²) < 4.78 is 64.9. The topological polar surface area (TPSA) is 93.2 Å². The van der Waals surface area contributed by atoms with Gasteiger partial charge in [0.25, 0.3) is 0 Å². The molecule has 0 saturated carbocycles. The van der Waals surface area contributed by atoms with Crippen molar-refractivity contribution in [2.75, 3.05) is 40.4 Å². The Hall–Kier alpha value is -1.56. The SMILES string of the molecule is COc1ccc(OC)c(S(=O)(=O)N2CCN(S(=O)(=O)c3cc(Cl)ccc3Cl)CC2)c1. The molecule has 164 valence electrons. The lowest BCUT2D eigenvalue weighted by Crippen LogP contribution is -2.50. The molecule has 0 atom stereocenters. The molecule has 0 amide bonds. The molecule has 0 spiro atoms. The summed E-state index contributed by atoms with van der Waals surface area (Å²) in [6, 6.07) is 8.67. The lowest BCUT2D eigenvalue weighted by molar-refractivity contribution is 0.272. The first-order valence-corrected chi connectivity index (χ1v) is 12.4. The zero-order valence-corrected chi connectivity index (χ0v) is 19.4. The molecular weight excluding hydrogens is 475 g/mol. The lowest BCUT2D eigenvalue weighted by atomic mass is 10.3. The van der Waals surface area contributed by atoms with Crippen LogP contribution in [0.3, 0.4) is 0 Å². The van der Waals surface area contributed by atoms with E-state index < -0.39 is 20.0 Å². The van der Waals surface area contributed by atoms with Crippen LogP contribution in [0.1, 0.15) is 0 Å². The van der Waals surface area contributed by atoms with Gasteiger partial charge in [0.05, 0.1) is 19.2 Å². The molecule has 0 bridgehead atoms. The maximum Gasteiger partial charge on any atom is 0.246 e. The first-order chi connectivity index (χ1) is 14.1. The normalized spacial score (nSPS) is 16.4. The second-order valence-corrected chi connectivity index (χ2v) is 11.1. The first-order valence-electron chi connectivity index (χ1n) is 8.78. The van der Waals surface area contributed by atoms with Crippen molar-refractivity contribution in [2.45, 2.75) is 9.79 Å². The summed E-state index contributed by atoms with van der Waals surface area (Å²) in [5.74, 6) is 0.544. The van der Waals surface area contributed by atoms with Gasteiger partial charge in [-0.25, -0.2) is 16.8 Å². The average molecular weight is 495 g/mol. The standard InChI is InChI=1S/C18H20Cl2N2O6S2/c1-27-14-4-6-16(28-2)18(12-14)30(25,26)22-9-7-21(8-10-22)29(23,24)17-11-13(19)3-5-15(17)20/h3-6,11-12H,7-10H2,1-2H3. The summed E-state index contributed by atoms with van der Waals surface area (Å²) in [5.41, 5.74) is 0. The lowest BCUT2D eigenvalue weighted by Gasteiger charge is -2.33. The molecule has 2 aromatic rings. The zero-order chi connectivity index (χ0) is 22.1. The molecule has 8 nitrogen and oxygen atoms in total. The predicted octanol–water partition coefficient (Wildman–Crippen LogP) is 2.71. The van der Waals surface area contributed by atoms with Gasteiger partial charge in [-0.3, -0.25) is 0 Å². The van der Waals surface area contributed by atoms with Crippen molar-refractivity contribution in [1.29, 1.82) is 0 Å². The van der Waals surface area contributed by atoms with Gasteiger partial charge in [0.1, 0.15) is 21.3 Å². The molecule has 1 aliphatic rings. The minimum atomic E-state index is -3.93. The maximum atomic E-state index is 13.1. The minimum absolute atomic E-state index is 0.0277. The van der Waals surface area contributed by atoms with Crippen molar-refractivity contribution >= 4 is 43.2 Å². The van der Waals surface area contributed by atoms with E-state index in [2.05, 4.69) is 0 Å². The van der Waals surface area contributed by atoms with Gasteiger partial charge in [-0.05, 0) is 30.3 Å². The highest BCUT2D eigenvalue weighted by Crippen LogP contribution is 2.32. The Kier molecular flexibility index (Phi) is 6.85. The number of benzene rings is 2. The molecule has 0 N–H and O–H groups in total. The summed E-state index contributed by atoms with van der Waals surface area (Å²) in [6.07, 6.45) is 0. The van der Waals surface area contributed by atoms with Crippen LogP contribution in [0.25, 0.3) is 0 Å². The fourth-order valence-electron chi connectivity index (χ4n) is 3.09. The van der Waals surface area contributed by atoms with Crippen molar-refractivity contribution in [1.82, 2.24) is 8.61 Å². The number of sulfonamides is 2. The van der Waals surface area contributed by atoms with Crippen LogP contribution < -0.4 is 9.47 Å². The van der Waals surface area contributed by atoms with Crippen molar-refractivity contribution < 1.29 is 26.3 Å². The van der Waals surface area contributed by atoms with Crippen LogP contribution in [0.4, 0.5) is 0 Å². The molecular formula is C18H20Cl2N2O6S2. The van der Waals surface area contributed by atoms with Crippen molar-refractivity contribution in [2.24, 2.45) is 0 Å². The molecule has 1 saturated heterocycles.